The van der Waals surface area contributed by atoms with Crippen LogP contribution in [0.2, 0.25) is 0 Å². The molecule has 0 saturated carbocycles. The molecule has 19 heavy (non-hydrogen) atoms. The van der Waals surface area contributed by atoms with Gasteiger partial charge in [0, 0.05) is 40.3 Å². The fourth-order valence-electron chi connectivity index (χ4n) is 2.07. The van der Waals surface area contributed by atoms with Gasteiger partial charge >= 0.3 is 0 Å². The molecule has 110 valence electrons. The van der Waals surface area contributed by atoms with E-state index in [1.165, 1.54) is 0 Å². The molecule has 0 bridgehead atoms. The molecule has 1 rings (SSSR count). The smallest absolute Gasteiger partial charge is 0.236 e. The third-order valence-electron chi connectivity index (χ3n) is 3.23. The van der Waals surface area contributed by atoms with E-state index in [-0.39, 0.29) is 11.8 Å². The molecule has 1 fully saturated rings. The zero-order chi connectivity index (χ0) is 14.3. The van der Waals surface area contributed by atoms with Crippen LogP contribution < -0.4 is 5.32 Å². The Kier molecular flexibility index (Phi) is 6.80. The van der Waals surface area contributed by atoms with E-state index in [2.05, 4.69) is 12.2 Å². The van der Waals surface area contributed by atoms with Gasteiger partial charge in [-0.05, 0) is 13.0 Å². The zero-order valence-corrected chi connectivity index (χ0v) is 12.3. The Morgan fingerprint density at radius 3 is 2.32 bits per heavy atom. The summed E-state index contributed by atoms with van der Waals surface area (Å²) in [4.78, 5) is 29.3. The topological polar surface area (TPSA) is 55.9 Å². The summed E-state index contributed by atoms with van der Waals surface area (Å²) in [5.74, 6) is 0.170. The minimum absolute atomic E-state index is 0.0431. The van der Waals surface area contributed by atoms with Gasteiger partial charge in [-0.3, -0.25) is 14.5 Å². The molecule has 0 aromatic heterocycles. The summed E-state index contributed by atoms with van der Waals surface area (Å²) in [5, 5.41) is 3.23. The third kappa shape index (κ3) is 5.57. The van der Waals surface area contributed by atoms with E-state index in [4.69, 9.17) is 0 Å². The molecule has 1 N–H and O–H groups in total. The van der Waals surface area contributed by atoms with Crippen LogP contribution in [0.15, 0.2) is 0 Å². The first kappa shape index (κ1) is 15.9. The molecule has 0 aliphatic carbocycles. The van der Waals surface area contributed by atoms with Crippen LogP contribution in [-0.2, 0) is 9.59 Å². The molecule has 6 heteroatoms. The van der Waals surface area contributed by atoms with Crippen molar-refractivity contribution >= 4 is 11.8 Å². The first-order valence-corrected chi connectivity index (χ1v) is 6.95. The number of rotatable bonds is 6. The van der Waals surface area contributed by atoms with Gasteiger partial charge in [0.25, 0.3) is 0 Å². The van der Waals surface area contributed by atoms with Gasteiger partial charge in [-0.15, -0.1) is 0 Å². The quantitative estimate of drug-likeness (QED) is 0.688. The lowest BCUT2D eigenvalue weighted by Crippen LogP contribution is -2.50. The maximum Gasteiger partial charge on any atom is 0.236 e. The summed E-state index contributed by atoms with van der Waals surface area (Å²) in [7, 11) is 3.48. The highest BCUT2D eigenvalue weighted by Crippen LogP contribution is 1.99. The van der Waals surface area contributed by atoms with E-state index in [0.29, 0.717) is 13.1 Å². The summed E-state index contributed by atoms with van der Waals surface area (Å²) in [6.45, 7) is 6.74. The van der Waals surface area contributed by atoms with Gasteiger partial charge in [-0.1, -0.05) is 6.92 Å². The number of likely N-dealkylation sites (N-methyl/N-ethyl adjacent to an activating group) is 1. The maximum absolute atomic E-state index is 12.2. The molecule has 6 nitrogen and oxygen atoms in total. The van der Waals surface area contributed by atoms with Gasteiger partial charge in [0.1, 0.15) is 0 Å². The highest BCUT2D eigenvalue weighted by molar-refractivity contribution is 5.81. The van der Waals surface area contributed by atoms with E-state index in [9.17, 15) is 9.59 Å². The maximum atomic E-state index is 12.2. The summed E-state index contributed by atoms with van der Waals surface area (Å²) < 4.78 is 0. The van der Waals surface area contributed by atoms with Crippen molar-refractivity contribution in [3.8, 4) is 0 Å². The molecular weight excluding hydrogens is 244 g/mol. The monoisotopic (exact) mass is 270 g/mol. The summed E-state index contributed by atoms with van der Waals surface area (Å²) in [6.07, 6.45) is 0.940. The number of hydrogen-bond acceptors (Lipinski definition) is 4. The Hall–Kier alpha value is -1.14. The van der Waals surface area contributed by atoms with Crippen molar-refractivity contribution < 1.29 is 9.59 Å². The van der Waals surface area contributed by atoms with E-state index in [1.54, 1.807) is 19.0 Å². The highest BCUT2D eigenvalue weighted by Gasteiger charge is 2.20. The largest absolute Gasteiger partial charge is 0.348 e. The molecule has 1 saturated heterocycles. The molecular formula is C13H26N4O2. The van der Waals surface area contributed by atoms with Crippen LogP contribution in [0.4, 0.5) is 0 Å². The number of carbonyl (C=O) groups is 2. The average molecular weight is 270 g/mol. The molecule has 1 heterocycles. The molecule has 0 unspecified atom stereocenters. The van der Waals surface area contributed by atoms with E-state index in [1.807, 2.05) is 9.80 Å². The van der Waals surface area contributed by atoms with Gasteiger partial charge in [0.15, 0.2) is 0 Å². The molecule has 0 radical (unpaired) electrons. The fraction of sp³-hybridized carbons (Fsp3) is 0.846. The van der Waals surface area contributed by atoms with Crippen LogP contribution in [-0.4, -0.2) is 86.4 Å². The number of nitrogens with one attached hydrogen (secondary N) is 1. The van der Waals surface area contributed by atoms with Gasteiger partial charge in [0.05, 0.1) is 13.1 Å². The van der Waals surface area contributed by atoms with E-state index >= 15 is 0 Å². The normalized spacial score (nSPS) is 15.7. The molecule has 0 spiro atoms. The lowest BCUT2D eigenvalue weighted by molar-refractivity contribution is -0.135. The van der Waals surface area contributed by atoms with Gasteiger partial charge in [-0.25, -0.2) is 0 Å². The summed E-state index contributed by atoms with van der Waals surface area (Å²) >= 11 is 0. The minimum Gasteiger partial charge on any atom is -0.348 e. The van der Waals surface area contributed by atoms with Crippen LogP contribution in [0.5, 0.6) is 0 Å². The lowest BCUT2D eigenvalue weighted by Gasteiger charge is -2.30. The second-order valence-electron chi connectivity index (χ2n) is 5.13. The Morgan fingerprint density at radius 2 is 1.79 bits per heavy atom. The van der Waals surface area contributed by atoms with Gasteiger partial charge in [-0.2, -0.15) is 0 Å². The van der Waals surface area contributed by atoms with Crippen molar-refractivity contribution in [2.45, 2.75) is 13.3 Å². The molecule has 1 aliphatic heterocycles. The number of nitrogens with zero attached hydrogens (tertiary/aromatic N) is 3. The zero-order valence-electron chi connectivity index (χ0n) is 12.3. The standard InChI is InChI=1S/C13H26N4O2/c1-4-7-16(10-12(18)15(2)3)11-13(19)17-8-5-14-6-9-17/h14H,4-11H2,1-3H3. The lowest BCUT2D eigenvalue weighted by atomic mass is 10.3. The number of hydrogen-bond donors (Lipinski definition) is 1. The van der Waals surface area contributed by atoms with Crippen molar-refractivity contribution in [2.75, 3.05) is 59.9 Å². The fourth-order valence-corrected chi connectivity index (χ4v) is 2.07. The number of amides is 2. The Morgan fingerprint density at radius 1 is 1.16 bits per heavy atom. The summed E-state index contributed by atoms with van der Waals surface area (Å²) in [5.41, 5.74) is 0. The van der Waals surface area contributed by atoms with Crippen LogP contribution >= 0.6 is 0 Å². The van der Waals surface area contributed by atoms with Crippen LogP contribution in [0, 0.1) is 0 Å². The van der Waals surface area contributed by atoms with Gasteiger partial charge in [0.2, 0.25) is 11.8 Å². The molecule has 0 aromatic rings. The Balaban J connectivity index is 2.47. The first-order chi connectivity index (χ1) is 9.04. The molecule has 2 amide bonds. The second-order valence-corrected chi connectivity index (χ2v) is 5.13. The van der Waals surface area contributed by atoms with Crippen molar-refractivity contribution in [1.82, 2.24) is 20.0 Å². The number of piperazine rings is 1. The minimum atomic E-state index is 0.0431. The van der Waals surface area contributed by atoms with Crippen LogP contribution in [0.25, 0.3) is 0 Å². The molecule has 0 aromatic carbocycles. The van der Waals surface area contributed by atoms with Crippen LogP contribution in [0.1, 0.15) is 13.3 Å². The second kappa shape index (κ2) is 8.12. The highest BCUT2D eigenvalue weighted by atomic mass is 16.2. The van der Waals surface area contributed by atoms with Crippen molar-refractivity contribution in [3.05, 3.63) is 0 Å². The van der Waals surface area contributed by atoms with E-state index in [0.717, 1.165) is 39.1 Å². The number of carbonyl (C=O) groups excluding carboxylic acids is 2. The molecule has 1 aliphatic rings. The van der Waals surface area contributed by atoms with Crippen LogP contribution in [0.3, 0.4) is 0 Å². The van der Waals surface area contributed by atoms with Gasteiger partial charge < -0.3 is 15.1 Å². The van der Waals surface area contributed by atoms with Crippen molar-refractivity contribution in [2.24, 2.45) is 0 Å². The van der Waals surface area contributed by atoms with Crippen molar-refractivity contribution in [1.29, 1.82) is 0 Å². The SMILES string of the molecule is CCCN(CC(=O)N(C)C)CC(=O)N1CCNCC1. The Labute approximate surface area is 115 Å². The third-order valence-corrected chi connectivity index (χ3v) is 3.23. The Bertz CT molecular complexity index is 301. The predicted octanol–water partition coefficient (Wildman–Crippen LogP) is -0.782. The van der Waals surface area contributed by atoms with Crippen molar-refractivity contribution in [3.63, 3.8) is 0 Å². The average Bonchev–Trinajstić information content (AvgIpc) is 2.39. The first-order valence-electron chi connectivity index (χ1n) is 6.95. The molecule has 0 atom stereocenters. The summed E-state index contributed by atoms with van der Waals surface area (Å²) in [6, 6.07) is 0. The predicted molar refractivity (Wildman–Crippen MR) is 74.9 cm³/mol. The van der Waals surface area contributed by atoms with E-state index < -0.39 is 0 Å².